The number of carbonyl (C=O) groups excluding carboxylic acids is 1. The fourth-order valence-corrected chi connectivity index (χ4v) is 4.72. The molecule has 4 rings (SSSR count). The van der Waals surface area contributed by atoms with Crippen molar-refractivity contribution >= 4 is 45.7 Å². The number of anilines is 1. The number of nitrogens with zero attached hydrogens (tertiary/aromatic N) is 4. The first-order valence-electron chi connectivity index (χ1n) is 10.4. The van der Waals surface area contributed by atoms with E-state index in [1.807, 2.05) is 53.3 Å². The Labute approximate surface area is 210 Å². The maximum absolute atomic E-state index is 12.5. The maximum atomic E-state index is 12.5. The second-order valence-electron chi connectivity index (χ2n) is 7.26. The number of thiazole rings is 1. The second-order valence-corrected chi connectivity index (χ2v) is 9.47. The zero-order chi connectivity index (χ0) is 23.9. The van der Waals surface area contributed by atoms with Gasteiger partial charge in [0, 0.05) is 17.5 Å². The lowest BCUT2D eigenvalue weighted by Crippen LogP contribution is -2.15. The van der Waals surface area contributed by atoms with Crippen molar-refractivity contribution in [3.8, 4) is 17.0 Å². The number of aryl methyl sites for hydroxylation is 1. The maximum Gasteiger partial charge on any atom is 0.236 e. The van der Waals surface area contributed by atoms with E-state index in [0.717, 1.165) is 11.3 Å². The minimum Gasteiger partial charge on any atom is -0.484 e. The Morgan fingerprint density at radius 1 is 1.24 bits per heavy atom. The highest BCUT2D eigenvalue weighted by Gasteiger charge is 2.15. The van der Waals surface area contributed by atoms with Crippen LogP contribution in [0.4, 0.5) is 5.13 Å². The van der Waals surface area contributed by atoms with Crippen LogP contribution in [-0.4, -0.2) is 31.4 Å². The molecule has 0 spiro atoms. The molecule has 0 atom stereocenters. The number of aromatic nitrogens is 4. The Balaban J connectivity index is 1.35. The summed E-state index contributed by atoms with van der Waals surface area (Å²) < 4.78 is 7.65. The van der Waals surface area contributed by atoms with Gasteiger partial charge in [-0.15, -0.1) is 28.1 Å². The normalized spacial score (nSPS) is 10.8. The van der Waals surface area contributed by atoms with E-state index in [2.05, 4.69) is 27.1 Å². The molecule has 1 N–H and O–H groups in total. The summed E-state index contributed by atoms with van der Waals surface area (Å²) in [5.74, 6) is 1.18. The summed E-state index contributed by atoms with van der Waals surface area (Å²) in [5, 5.41) is 14.9. The van der Waals surface area contributed by atoms with E-state index in [0.29, 0.717) is 33.4 Å². The molecule has 0 aliphatic heterocycles. The highest BCUT2D eigenvalue weighted by Crippen LogP contribution is 2.27. The number of rotatable bonds is 10. The van der Waals surface area contributed by atoms with Crippen LogP contribution in [0.3, 0.4) is 0 Å². The zero-order valence-electron chi connectivity index (χ0n) is 18.4. The molecule has 0 aliphatic rings. The molecule has 0 bridgehead atoms. The van der Waals surface area contributed by atoms with E-state index in [1.54, 1.807) is 18.2 Å². The third-order valence-corrected chi connectivity index (χ3v) is 6.77. The van der Waals surface area contributed by atoms with Gasteiger partial charge in [0.25, 0.3) is 0 Å². The highest BCUT2D eigenvalue weighted by atomic mass is 35.5. The van der Waals surface area contributed by atoms with Crippen molar-refractivity contribution in [2.45, 2.75) is 25.2 Å². The molecule has 0 aliphatic carbocycles. The lowest BCUT2D eigenvalue weighted by atomic mass is 10.1. The smallest absolute Gasteiger partial charge is 0.236 e. The standard InChI is InChI=1S/C24H22ClN5O2S2/c1-3-12-30-21(13-32-20-7-5-4-6-18(20)25)28-29-24(30)34-15-22(31)27-23-26-19(14-33-23)17-10-8-16(2)9-11-17/h3-11,14H,1,12-13,15H2,2H3,(H,26,27,31). The van der Waals surface area contributed by atoms with E-state index in [9.17, 15) is 4.79 Å². The summed E-state index contributed by atoms with van der Waals surface area (Å²) in [7, 11) is 0. The van der Waals surface area contributed by atoms with Gasteiger partial charge < -0.3 is 10.1 Å². The number of ether oxygens (including phenoxy) is 1. The van der Waals surface area contributed by atoms with Crippen LogP contribution in [0.25, 0.3) is 11.3 Å². The average Bonchev–Trinajstić information content (AvgIpc) is 3.45. The van der Waals surface area contributed by atoms with Crippen molar-refractivity contribution in [3.63, 3.8) is 0 Å². The van der Waals surface area contributed by atoms with Gasteiger partial charge in [-0.1, -0.05) is 71.4 Å². The molecule has 174 valence electrons. The summed E-state index contributed by atoms with van der Waals surface area (Å²) in [6.07, 6.45) is 1.74. The predicted molar refractivity (Wildman–Crippen MR) is 138 cm³/mol. The Morgan fingerprint density at radius 3 is 2.79 bits per heavy atom. The van der Waals surface area contributed by atoms with Crippen molar-refractivity contribution < 1.29 is 9.53 Å². The monoisotopic (exact) mass is 511 g/mol. The molecule has 2 heterocycles. The fourth-order valence-electron chi connectivity index (χ4n) is 3.02. The van der Waals surface area contributed by atoms with Crippen LogP contribution in [0.5, 0.6) is 5.75 Å². The molecule has 1 amide bonds. The van der Waals surface area contributed by atoms with E-state index in [-0.39, 0.29) is 18.3 Å². The van der Waals surface area contributed by atoms with Crippen LogP contribution in [-0.2, 0) is 17.9 Å². The summed E-state index contributed by atoms with van der Waals surface area (Å²) >= 11 is 8.84. The van der Waals surface area contributed by atoms with E-state index in [4.69, 9.17) is 16.3 Å². The quantitative estimate of drug-likeness (QED) is 0.212. The van der Waals surface area contributed by atoms with Crippen molar-refractivity contribution in [2.24, 2.45) is 0 Å². The molecular formula is C24H22ClN5O2S2. The number of thioether (sulfide) groups is 1. The largest absolute Gasteiger partial charge is 0.484 e. The van der Waals surface area contributed by atoms with Gasteiger partial charge in [0.15, 0.2) is 16.1 Å². The van der Waals surface area contributed by atoms with Crippen LogP contribution in [0.2, 0.25) is 5.02 Å². The molecule has 7 nitrogen and oxygen atoms in total. The Hall–Kier alpha value is -3.14. The molecule has 0 saturated heterocycles. The first-order chi connectivity index (χ1) is 16.5. The lowest BCUT2D eigenvalue weighted by Gasteiger charge is -2.10. The molecule has 10 heteroatoms. The molecule has 0 fully saturated rings. The van der Waals surface area contributed by atoms with Gasteiger partial charge in [0.2, 0.25) is 5.91 Å². The Kier molecular flexibility index (Phi) is 7.99. The molecule has 4 aromatic rings. The van der Waals surface area contributed by atoms with E-state index < -0.39 is 0 Å². The number of allylic oxidation sites excluding steroid dienone is 1. The third-order valence-electron chi connectivity index (χ3n) is 4.73. The first-order valence-corrected chi connectivity index (χ1v) is 12.6. The van der Waals surface area contributed by atoms with Crippen molar-refractivity contribution in [2.75, 3.05) is 11.1 Å². The van der Waals surface area contributed by atoms with Gasteiger partial charge in [-0.05, 0) is 19.1 Å². The first kappa shape index (κ1) is 24.0. The summed E-state index contributed by atoms with van der Waals surface area (Å²) in [6, 6.07) is 15.4. The minimum atomic E-state index is -0.170. The van der Waals surface area contributed by atoms with Crippen LogP contribution in [0.15, 0.2) is 71.7 Å². The number of halogens is 1. The summed E-state index contributed by atoms with van der Waals surface area (Å²) in [4.78, 5) is 17.0. The number of benzene rings is 2. The van der Waals surface area contributed by atoms with Crippen molar-refractivity contribution in [3.05, 3.63) is 83.0 Å². The van der Waals surface area contributed by atoms with E-state index >= 15 is 0 Å². The van der Waals surface area contributed by atoms with Crippen molar-refractivity contribution in [1.82, 2.24) is 19.7 Å². The summed E-state index contributed by atoms with van der Waals surface area (Å²) in [6.45, 7) is 6.52. The molecule has 2 aromatic heterocycles. The highest BCUT2D eigenvalue weighted by molar-refractivity contribution is 7.99. The molecule has 0 unspecified atom stereocenters. The number of carbonyl (C=O) groups is 1. The van der Waals surface area contributed by atoms with Gasteiger partial charge in [0.05, 0.1) is 16.5 Å². The topological polar surface area (TPSA) is 81.9 Å². The summed E-state index contributed by atoms with van der Waals surface area (Å²) in [5.41, 5.74) is 3.04. The molecule has 0 radical (unpaired) electrons. The number of hydrogen-bond acceptors (Lipinski definition) is 7. The zero-order valence-corrected chi connectivity index (χ0v) is 20.8. The third kappa shape index (κ3) is 6.05. The van der Waals surface area contributed by atoms with Gasteiger partial charge in [0.1, 0.15) is 12.4 Å². The Morgan fingerprint density at radius 2 is 2.03 bits per heavy atom. The molecule has 2 aromatic carbocycles. The minimum absolute atomic E-state index is 0.167. The Bertz CT molecular complexity index is 1290. The number of hydrogen-bond donors (Lipinski definition) is 1. The second kappa shape index (κ2) is 11.3. The van der Waals surface area contributed by atoms with Gasteiger partial charge >= 0.3 is 0 Å². The molecular weight excluding hydrogens is 490 g/mol. The molecule has 0 saturated carbocycles. The fraction of sp³-hybridized carbons (Fsp3) is 0.167. The predicted octanol–water partition coefficient (Wildman–Crippen LogP) is 5.86. The van der Waals surface area contributed by atoms with Crippen LogP contribution >= 0.6 is 34.7 Å². The van der Waals surface area contributed by atoms with Crippen molar-refractivity contribution in [1.29, 1.82) is 0 Å². The number of para-hydroxylation sites is 1. The van der Waals surface area contributed by atoms with Gasteiger partial charge in [-0.3, -0.25) is 9.36 Å². The van der Waals surface area contributed by atoms with Gasteiger partial charge in [-0.25, -0.2) is 4.98 Å². The number of nitrogens with one attached hydrogen (secondary N) is 1. The van der Waals surface area contributed by atoms with E-state index in [1.165, 1.54) is 28.7 Å². The van der Waals surface area contributed by atoms with Crippen LogP contribution in [0, 0.1) is 6.92 Å². The van der Waals surface area contributed by atoms with Gasteiger partial charge in [-0.2, -0.15) is 0 Å². The SMILES string of the molecule is C=CCn1c(COc2ccccc2Cl)nnc1SCC(=O)Nc1nc(-c2ccc(C)cc2)cs1. The average molecular weight is 512 g/mol. The van der Waals surface area contributed by atoms with Crippen LogP contribution < -0.4 is 10.1 Å². The lowest BCUT2D eigenvalue weighted by molar-refractivity contribution is -0.113. The molecule has 34 heavy (non-hydrogen) atoms. The van der Waals surface area contributed by atoms with Crippen LogP contribution in [0.1, 0.15) is 11.4 Å². The number of amides is 1.